The maximum absolute atomic E-state index is 12.3. The van der Waals surface area contributed by atoms with Crippen LogP contribution in [0.3, 0.4) is 0 Å². The van der Waals surface area contributed by atoms with E-state index in [9.17, 15) is 13.2 Å². The molecule has 5 heteroatoms. The quantitative estimate of drug-likeness (QED) is 0.869. The molecule has 1 aliphatic rings. The fourth-order valence-electron chi connectivity index (χ4n) is 2.89. The van der Waals surface area contributed by atoms with Crippen LogP contribution in [-0.4, -0.2) is 25.4 Å². The van der Waals surface area contributed by atoms with E-state index in [0.717, 1.165) is 28.0 Å². The second kappa shape index (κ2) is 5.74. The van der Waals surface area contributed by atoms with Crippen LogP contribution in [0.15, 0.2) is 47.5 Å². The molecule has 0 unspecified atom stereocenters. The predicted molar refractivity (Wildman–Crippen MR) is 89.6 cm³/mol. The van der Waals surface area contributed by atoms with Gasteiger partial charge < -0.3 is 0 Å². The molecule has 118 valence electrons. The van der Waals surface area contributed by atoms with Crippen molar-refractivity contribution in [2.75, 3.05) is 6.26 Å². The third-order valence-corrected chi connectivity index (χ3v) is 5.13. The minimum absolute atomic E-state index is 0.123. The second-order valence-electron chi connectivity index (χ2n) is 5.76. The lowest BCUT2D eigenvalue weighted by atomic mass is 9.97. The molecule has 0 radical (unpaired) electrons. The van der Waals surface area contributed by atoms with E-state index < -0.39 is 9.84 Å². The summed E-state index contributed by atoms with van der Waals surface area (Å²) in [6.45, 7) is 1.89. The monoisotopic (exact) mass is 327 g/mol. The molecule has 23 heavy (non-hydrogen) atoms. The molecular weight excluding hydrogens is 310 g/mol. The van der Waals surface area contributed by atoms with E-state index in [4.69, 9.17) is 0 Å². The summed E-state index contributed by atoms with van der Waals surface area (Å²) in [5.41, 5.74) is 4.33. The highest BCUT2D eigenvalue weighted by molar-refractivity contribution is 7.90. The van der Waals surface area contributed by atoms with Gasteiger partial charge in [0.2, 0.25) is 0 Å². The van der Waals surface area contributed by atoms with Crippen LogP contribution in [0.2, 0.25) is 0 Å². The molecule has 0 bridgehead atoms. The van der Waals surface area contributed by atoms with Crippen LogP contribution in [0.1, 0.15) is 29.7 Å². The van der Waals surface area contributed by atoms with Crippen molar-refractivity contribution in [2.24, 2.45) is 0 Å². The molecule has 3 rings (SSSR count). The number of carbonyl (C=O) groups excluding carboxylic acids is 1. The summed E-state index contributed by atoms with van der Waals surface area (Å²) in [7, 11) is -3.22. The number of aromatic nitrogens is 1. The van der Waals surface area contributed by atoms with Crippen LogP contribution in [0.25, 0.3) is 11.1 Å². The highest BCUT2D eigenvalue weighted by atomic mass is 32.2. The van der Waals surface area contributed by atoms with Crippen molar-refractivity contribution in [1.29, 1.82) is 0 Å². The topological polar surface area (TPSA) is 64.1 Å². The number of sulfone groups is 1. The number of carbonyl (C=O) groups is 1. The third kappa shape index (κ3) is 3.10. The van der Waals surface area contributed by atoms with Crippen molar-refractivity contribution in [3.63, 3.8) is 0 Å². The molecule has 0 spiro atoms. The van der Waals surface area contributed by atoms with Crippen LogP contribution in [0.5, 0.6) is 0 Å². The first-order valence-electron chi connectivity index (χ1n) is 7.36. The summed E-state index contributed by atoms with van der Waals surface area (Å²) in [6.07, 6.45) is 4.05. The van der Waals surface area contributed by atoms with Crippen molar-refractivity contribution >= 4 is 26.8 Å². The van der Waals surface area contributed by atoms with Gasteiger partial charge in [0.05, 0.1) is 4.90 Å². The molecular formula is C18H17NO3S. The van der Waals surface area contributed by atoms with Gasteiger partial charge >= 0.3 is 0 Å². The number of ketones is 1. The Balaban J connectivity index is 2.10. The predicted octanol–water partition coefficient (Wildman–Crippen LogP) is 3.07. The SMILES string of the molecule is Cc1cc(C2=C(c3ccc(S(C)(=O)=O)cc3)CCC2=O)ccn1. The van der Waals surface area contributed by atoms with Crippen molar-refractivity contribution in [3.8, 4) is 0 Å². The number of rotatable bonds is 3. The standard InChI is InChI=1S/C18H17NO3S/c1-12-11-14(9-10-19-12)18-16(7-8-17(18)20)13-3-5-15(6-4-13)23(2,21)22/h3-6,9-11H,7-8H2,1-2H3. The van der Waals surface area contributed by atoms with Crippen LogP contribution < -0.4 is 0 Å². The van der Waals surface area contributed by atoms with Gasteiger partial charge in [-0.15, -0.1) is 0 Å². The fourth-order valence-corrected chi connectivity index (χ4v) is 3.52. The van der Waals surface area contributed by atoms with E-state index >= 15 is 0 Å². The zero-order valence-electron chi connectivity index (χ0n) is 13.0. The molecule has 0 aliphatic heterocycles. The number of pyridine rings is 1. The number of hydrogen-bond acceptors (Lipinski definition) is 4. The van der Waals surface area contributed by atoms with Gasteiger partial charge in [-0.2, -0.15) is 0 Å². The first kappa shape index (κ1) is 15.6. The van der Waals surface area contributed by atoms with E-state index in [1.54, 1.807) is 30.5 Å². The average Bonchev–Trinajstić information content (AvgIpc) is 2.88. The normalized spacial score (nSPS) is 15.3. The highest BCUT2D eigenvalue weighted by Gasteiger charge is 2.25. The highest BCUT2D eigenvalue weighted by Crippen LogP contribution is 2.37. The Bertz CT molecular complexity index is 910. The Kier molecular flexibility index (Phi) is 3.90. The molecule has 0 fully saturated rings. The van der Waals surface area contributed by atoms with E-state index in [1.165, 1.54) is 6.26 Å². The number of aryl methyl sites for hydroxylation is 1. The molecule has 1 aliphatic carbocycles. The molecule has 1 aromatic heterocycles. The van der Waals surface area contributed by atoms with Gasteiger partial charge in [0.1, 0.15) is 0 Å². The van der Waals surface area contributed by atoms with Gasteiger partial charge in [-0.05, 0) is 54.3 Å². The van der Waals surface area contributed by atoms with Crippen molar-refractivity contribution in [3.05, 3.63) is 59.4 Å². The third-order valence-electron chi connectivity index (χ3n) is 4.00. The van der Waals surface area contributed by atoms with E-state index in [1.807, 2.05) is 19.1 Å². The lowest BCUT2D eigenvalue weighted by Crippen LogP contribution is -1.98. The molecule has 1 heterocycles. The minimum atomic E-state index is -3.22. The van der Waals surface area contributed by atoms with Crippen molar-refractivity contribution < 1.29 is 13.2 Å². The molecule has 2 aromatic rings. The molecule has 4 nitrogen and oxygen atoms in total. The molecule has 0 saturated carbocycles. The van der Waals surface area contributed by atoms with E-state index in [-0.39, 0.29) is 10.7 Å². The summed E-state index contributed by atoms with van der Waals surface area (Å²) in [6, 6.07) is 10.5. The van der Waals surface area contributed by atoms with E-state index in [0.29, 0.717) is 12.8 Å². The Morgan fingerprint density at radius 1 is 1.00 bits per heavy atom. The zero-order valence-corrected chi connectivity index (χ0v) is 13.9. The molecule has 1 aromatic carbocycles. The number of Topliss-reactive ketones (excluding diaryl/α,β-unsaturated/α-hetero) is 1. The zero-order chi connectivity index (χ0) is 16.6. The Morgan fingerprint density at radius 2 is 1.70 bits per heavy atom. The number of allylic oxidation sites excluding steroid dienone is 2. The summed E-state index contributed by atoms with van der Waals surface area (Å²) in [5.74, 6) is 0.123. The molecule has 0 N–H and O–H groups in total. The van der Waals surface area contributed by atoms with Crippen LogP contribution in [0, 0.1) is 6.92 Å². The summed E-state index contributed by atoms with van der Waals surface area (Å²) < 4.78 is 23.1. The van der Waals surface area contributed by atoms with Gasteiger partial charge in [0, 0.05) is 30.1 Å². The van der Waals surface area contributed by atoms with Gasteiger partial charge in [-0.1, -0.05) is 12.1 Å². The second-order valence-corrected chi connectivity index (χ2v) is 7.77. The van der Waals surface area contributed by atoms with Gasteiger partial charge in [-0.3, -0.25) is 9.78 Å². The number of benzene rings is 1. The molecule has 0 atom stereocenters. The first-order chi connectivity index (χ1) is 10.9. The van der Waals surface area contributed by atoms with E-state index in [2.05, 4.69) is 4.98 Å². The minimum Gasteiger partial charge on any atom is -0.294 e. The van der Waals surface area contributed by atoms with Crippen molar-refractivity contribution in [1.82, 2.24) is 4.98 Å². The van der Waals surface area contributed by atoms with Gasteiger partial charge in [-0.25, -0.2) is 8.42 Å². The van der Waals surface area contributed by atoms with Gasteiger partial charge in [0.25, 0.3) is 0 Å². The van der Waals surface area contributed by atoms with Crippen LogP contribution >= 0.6 is 0 Å². The van der Waals surface area contributed by atoms with Crippen molar-refractivity contribution in [2.45, 2.75) is 24.7 Å². The Labute approximate surface area is 135 Å². The number of nitrogens with zero attached hydrogens (tertiary/aromatic N) is 1. The Morgan fingerprint density at radius 3 is 2.30 bits per heavy atom. The average molecular weight is 327 g/mol. The number of hydrogen-bond donors (Lipinski definition) is 0. The van der Waals surface area contributed by atoms with Crippen LogP contribution in [-0.2, 0) is 14.6 Å². The van der Waals surface area contributed by atoms with Crippen LogP contribution in [0.4, 0.5) is 0 Å². The largest absolute Gasteiger partial charge is 0.294 e. The fraction of sp³-hybridized carbons (Fsp3) is 0.222. The maximum Gasteiger partial charge on any atom is 0.175 e. The first-order valence-corrected chi connectivity index (χ1v) is 9.25. The lowest BCUT2D eigenvalue weighted by Gasteiger charge is -2.08. The Hall–Kier alpha value is -2.27. The summed E-state index contributed by atoms with van der Waals surface area (Å²) in [5, 5.41) is 0. The van der Waals surface area contributed by atoms with Gasteiger partial charge in [0.15, 0.2) is 15.6 Å². The lowest BCUT2D eigenvalue weighted by molar-refractivity contribution is -0.113. The summed E-state index contributed by atoms with van der Waals surface area (Å²) in [4.78, 5) is 16.8. The molecule has 0 saturated heterocycles. The molecule has 0 amide bonds. The summed E-state index contributed by atoms with van der Waals surface area (Å²) >= 11 is 0. The smallest absolute Gasteiger partial charge is 0.175 e. The maximum atomic E-state index is 12.3.